The van der Waals surface area contributed by atoms with Crippen LogP contribution in [0.3, 0.4) is 0 Å². The van der Waals surface area contributed by atoms with Gasteiger partial charge in [0, 0.05) is 18.1 Å². The van der Waals surface area contributed by atoms with Crippen LogP contribution < -0.4 is 15.6 Å². The fraction of sp³-hybridized carbons (Fsp3) is 0.211. The topological polar surface area (TPSA) is 84.1 Å². The first-order valence-electron chi connectivity index (χ1n) is 8.13. The van der Waals surface area contributed by atoms with E-state index >= 15 is 0 Å². The number of benzene rings is 1. The number of aromatic nitrogens is 2. The zero-order valence-corrected chi connectivity index (χ0v) is 15.0. The van der Waals surface area contributed by atoms with Crippen molar-refractivity contribution >= 4 is 23.5 Å². The maximum absolute atomic E-state index is 12.6. The highest BCUT2D eigenvalue weighted by molar-refractivity contribution is 7.99. The Hall–Kier alpha value is -2.80. The van der Waals surface area contributed by atoms with Crippen molar-refractivity contribution in [1.29, 1.82) is 0 Å². The first-order chi connectivity index (χ1) is 12.6. The van der Waals surface area contributed by atoms with Crippen LogP contribution in [-0.2, 0) is 4.79 Å². The molecule has 1 unspecified atom stereocenters. The van der Waals surface area contributed by atoms with Gasteiger partial charge in [0.05, 0.1) is 5.56 Å². The molecule has 0 saturated heterocycles. The fourth-order valence-corrected chi connectivity index (χ4v) is 3.39. The number of carbonyl (C=O) groups is 1. The lowest BCUT2D eigenvalue weighted by Crippen LogP contribution is -2.31. The molecule has 26 heavy (non-hydrogen) atoms. The van der Waals surface area contributed by atoms with Gasteiger partial charge in [0.1, 0.15) is 18.2 Å². The van der Waals surface area contributed by atoms with E-state index in [1.807, 2.05) is 24.3 Å². The normalized spacial score (nSPS) is 15.7. The fourth-order valence-electron chi connectivity index (χ4n) is 2.79. The van der Waals surface area contributed by atoms with Crippen LogP contribution in [0.4, 0.5) is 5.82 Å². The van der Waals surface area contributed by atoms with Crippen LogP contribution in [0.2, 0.25) is 0 Å². The molecule has 0 aliphatic carbocycles. The van der Waals surface area contributed by atoms with Crippen LogP contribution in [0, 0.1) is 0 Å². The van der Waals surface area contributed by atoms with Gasteiger partial charge in [0.25, 0.3) is 5.56 Å². The summed E-state index contributed by atoms with van der Waals surface area (Å²) >= 11 is 1.35. The van der Waals surface area contributed by atoms with E-state index in [1.165, 1.54) is 11.8 Å². The minimum absolute atomic E-state index is 0.160. The molecule has 3 rings (SSSR count). The number of anilines is 1. The molecule has 2 heterocycles. The summed E-state index contributed by atoms with van der Waals surface area (Å²) in [6.07, 6.45) is 3.59. The molecule has 1 amide bonds. The van der Waals surface area contributed by atoms with Crippen molar-refractivity contribution in [1.82, 2.24) is 9.97 Å². The second kappa shape index (κ2) is 8.05. The Morgan fingerprint density at radius 2 is 2.00 bits per heavy atom. The van der Waals surface area contributed by atoms with E-state index in [-0.39, 0.29) is 23.8 Å². The van der Waals surface area contributed by atoms with Crippen LogP contribution in [0.15, 0.2) is 59.5 Å². The van der Waals surface area contributed by atoms with Crippen molar-refractivity contribution in [3.05, 3.63) is 71.1 Å². The molecule has 1 aliphatic rings. The lowest BCUT2D eigenvalue weighted by atomic mass is 9.87. The molecule has 134 valence electrons. The second-order valence-electron chi connectivity index (χ2n) is 5.71. The third kappa shape index (κ3) is 3.88. The van der Waals surface area contributed by atoms with E-state index < -0.39 is 0 Å². The SMILES string of the molecule is C=CCOc1ccc(C2CC(=O)Nc3nc(SCC=C)[nH]c(=O)c32)cc1. The third-order valence-electron chi connectivity index (χ3n) is 3.92. The summed E-state index contributed by atoms with van der Waals surface area (Å²) in [4.78, 5) is 31.9. The first-order valence-corrected chi connectivity index (χ1v) is 9.12. The largest absolute Gasteiger partial charge is 0.490 e. The summed E-state index contributed by atoms with van der Waals surface area (Å²) in [7, 11) is 0. The van der Waals surface area contributed by atoms with Gasteiger partial charge in [0.2, 0.25) is 5.91 Å². The van der Waals surface area contributed by atoms with Crippen LogP contribution in [0.25, 0.3) is 0 Å². The Morgan fingerprint density at radius 1 is 1.23 bits per heavy atom. The molecule has 1 aliphatic heterocycles. The van der Waals surface area contributed by atoms with E-state index in [0.29, 0.717) is 34.6 Å². The number of rotatable bonds is 7. The number of H-pyrrole nitrogens is 1. The van der Waals surface area contributed by atoms with Gasteiger partial charge >= 0.3 is 0 Å². The average molecular weight is 369 g/mol. The van der Waals surface area contributed by atoms with Crippen molar-refractivity contribution < 1.29 is 9.53 Å². The highest BCUT2D eigenvalue weighted by Gasteiger charge is 2.30. The second-order valence-corrected chi connectivity index (χ2v) is 6.72. The van der Waals surface area contributed by atoms with Crippen molar-refractivity contribution in [3.8, 4) is 5.75 Å². The number of hydrogen-bond acceptors (Lipinski definition) is 5. The molecule has 1 aromatic heterocycles. The van der Waals surface area contributed by atoms with Gasteiger partial charge in [0.15, 0.2) is 5.16 Å². The monoisotopic (exact) mass is 369 g/mol. The number of ether oxygens (including phenoxy) is 1. The maximum Gasteiger partial charge on any atom is 0.257 e. The smallest absolute Gasteiger partial charge is 0.257 e. The number of nitrogens with one attached hydrogen (secondary N) is 2. The van der Waals surface area contributed by atoms with Crippen molar-refractivity contribution in [2.24, 2.45) is 0 Å². The van der Waals surface area contributed by atoms with Gasteiger partial charge in [-0.2, -0.15) is 0 Å². The van der Waals surface area contributed by atoms with Crippen LogP contribution in [0.5, 0.6) is 5.75 Å². The van der Waals surface area contributed by atoms with E-state index in [9.17, 15) is 9.59 Å². The summed E-state index contributed by atoms with van der Waals surface area (Å²) in [6, 6.07) is 7.37. The van der Waals surface area contributed by atoms with Gasteiger partial charge in [-0.05, 0) is 17.7 Å². The molecular formula is C19H19N3O3S. The van der Waals surface area contributed by atoms with Crippen LogP contribution in [0.1, 0.15) is 23.5 Å². The van der Waals surface area contributed by atoms with E-state index in [1.54, 1.807) is 12.2 Å². The summed E-state index contributed by atoms with van der Waals surface area (Å²) in [5.41, 5.74) is 1.11. The summed E-state index contributed by atoms with van der Waals surface area (Å²) in [6.45, 7) is 7.68. The molecule has 0 radical (unpaired) electrons. The minimum Gasteiger partial charge on any atom is -0.490 e. The van der Waals surface area contributed by atoms with Crippen LogP contribution >= 0.6 is 11.8 Å². The zero-order valence-electron chi connectivity index (χ0n) is 14.2. The summed E-state index contributed by atoms with van der Waals surface area (Å²) in [5, 5.41) is 3.17. The molecule has 2 aromatic rings. The van der Waals surface area contributed by atoms with E-state index in [0.717, 1.165) is 5.56 Å². The molecule has 1 atom stereocenters. The molecule has 0 spiro atoms. The minimum atomic E-state index is -0.345. The van der Waals surface area contributed by atoms with Crippen molar-refractivity contribution in [2.45, 2.75) is 17.5 Å². The molecule has 1 aromatic carbocycles. The van der Waals surface area contributed by atoms with Gasteiger partial charge in [-0.3, -0.25) is 9.59 Å². The van der Waals surface area contributed by atoms with Crippen LogP contribution in [-0.4, -0.2) is 28.2 Å². The molecular weight excluding hydrogens is 350 g/mol. The first kappa shape index (κ1) is 18.0. The Balaban J connectivity index is 1.95. The number of fused-ring (bicyclic) bond motifs is 1. The molecule has 0 fully saturated rings. The number of hydrogen-bond donors (Lipinski definition) is 2. The summed E-state index contributed by atoms with van der Waals surface area (Å²) < 4.78 is 5.48. The Kier molecular flexibility index (Phi) is 5.58. The standard InChI is InChI=1S/C19H19N3O3S/c1-3-9-25-13-7-5-12(6-8-13)14-11-15(23)20-17-16(14)18(24)22-19(21-17)26-10-4-2/h3-8,14H,1-2,9-11H2,(H2,20,21,22,23,24). The molecule has 0 bridgehead atoms. The zero-order chi connectivity index (χ0) is 18.5. The lowest BCUT2D eigenvalue weighted by Gasteiger charge is -2.24. The van der Waals surface area contributed by atoms with Crippen molar-refractivity contribution in [2.75, 3.05) is 17.7 Å². The number of thioether (sulfide) groups is 1. The number of amides is 1. The predicted octanol–water partition coefficient (Wildman–Crippen LogP) is 3.09. The third-order valence-corrected chi connectivity index (χ3v) is 4.79. The van der Waals surface area contributed by atoms with E-state index in [4.69, 9.17) is 4.74 Å². The Bertz CT molecular complexity index is 890. The average Bonchev–Trinajstić information content (AvgIpc) is 2.64. The Morgan fingerprint density at radius 3 is 2.69 bits per heavy atom. The molecule has 6 nitrogen and oxygen atoms in total. The lowest BCUT2D eigenvalue weighted by molar-refractivity contribution is -0.116. The van der Waals surface area contributed by atoms with Gasteiger partial charge in [-0.15, -0.1) is 6.58 Å². The number of aromatic amines is 1. The Labute approximate surface area is 155 Å². The maximum atomic E-state index is 12.6. The highest BCUT2D eigenvalue weighted by Crippen LogP contribution is 2.35. The van der Waals surface area contributed by atoms with Crippen molar-refractivity contribution in [3.63, 3.8) is 0 Å². The summed E-state index contributed by atoms with van der Waals surface area (Å²) in [5.74, 6) is 1.14. The quantitative estimate of drug-likeness (QED) is 0.445. The molecule has 7 heteroatoms. The predicted molar refractivity (Wildman–Crippen MR) is 103 cm³/mol. The number of carbonyl (C=O) groups excluding carboxylic acids is 1. The highest BCUT2D eigenvalue weighted by atomic mass is 32.2. The van der Waals surface area contributed by atoms with Gasteiger partial charge in [-0.25, -0.2) is 4.98 Å². The van der Waals surface area contributed by atoms with E-state index in [2.05, 4.69) is 28.4 Å². The van der Waals surface area contributed by atoms with Gasteiger partial charge < -0.3 is 15.0 Å². The number of nitrogens with zero attached hydrogens (tertiary/aromatic N) is 1. The van der Waals surface area contributed by atoms with Gasteiger partial charge in [-0.1, -0.05) is 42.6 Å². The molecule has 0 saturated carbocycles. The molecule has 2 N–H and O–H groups in total.